The predicted molar refractivity (Wildman–Crippen MR) is 77.6 cm³/mol. The number of furan rings is 1. The van der Waals surface area contributed by atoms with Crippen molar-refractivity contribution in [3.8, 4) is 0 Å². The van der Waals surface area contributed by atoms with Gasteiger partial charge in [-0.2, -0.15) is 0 Å². The molecule has 0 atom stereocenters. The topological polar surface area (TPSA) is 95.3 Å². The van der Waals surface area contributed by atoms with Crippen molar-refractivity contribution in [3.63, 3.8) is 0 Å². The molecule has 0 aliphatic carbocycles. The van der Waals surface area contributed by atoms with Crippen LogP contribution in [0.2, 0.25) is 0 Å². The van der Waals surface area contributed by atoms with E-state index in [1.54, 1.807) is 36.4 Å². The minimum atomic E-state index is -1.27. The first kappa shape index (κ1) is 13.0. The van der Waals surface area contributed by atoms with Crippen molar-refractivity contribution < 1.29 is 14.3 Å². The van der Waals surface area contributed by atoms with Crippen molar-refractivity contribution in [2.75, 3.05) is 5.32 Å². The van der Waals surface area contributed by atoms with Crippen LogP contribution in [0.4, 0.5) is 5.69 Å². The summed E-state index contributed by atoms with van der Waals surface area (Å²) in [5, 5.41) is 12.9. The zero-order valence-electron chi connectivity index (χ0n) is 10.9. The summed E-state index contributed by atoms with van der Waals surface area (Å²) in [7, 11) is 0. The van der Waals surface area contributed by atoms with Crippen molar-refractivity contribution in [1.82, 2.24) is 4.98 Å². The lowest BCUT2D eigenvalue weighted by Gasteiger charge is -2.11. The van der Waals surface area contributed by atoms with E-state index in [1.807, 2.05) is 0 Å². The number of nitrogens with one attached hydrogen (secondary N) is 2. The third-order valence-electron chi connectivity index (χ3n) is 3.16. The molecule has 0 saturated carbocycles. The Kier molecular flexibility index (Phi) is 3.19. The molecule has 3 aromatic rings. The molecular weight excluding hydrogens is 272 g/mol. The van der Waals surface area contributed by atoms with Crippen LogP contribution in [0.1, 0.15) is 16.1 Å². The van der Waals surface area contributed by atoms with Gasteiger partial charge in [-0.3, -0.25) is 4.79 Å². The quantitative estimate of drug-likeness (QED) is 0.684. The van der Waals surface area contributed by atoms with Gasteiger partial charge in [0.25, 0.3) is 5.56 Å². The van der Waals surface area contributed by atoms with E-state index in [9.17, 15) is 14.7 Å². The minimum absolute atomic E-state index is 0.290. The van der Waals surface area contributed by atoms with Crippen molar-refractivity contribution >= 4 is 22.6 Å². The molecule has 6 heteroatoms. The maximum atomic E-state index is 12.0. The standard InChI is InChI=1S/C15H12N2O4/c18-14-12(15(19)20)13(16-8-9-4-3-7-21-9)10-5-1-2-6-11(10)17-14/h1-7H,8H2,(H,19,20)(H2,16,17,18). The van der Waals surface area contributed by atoms with E-state index in [4.69, 9.17) is 4.42 Å². The molecule has 0 fully saturated rings. The summed E-state index contributed by atoms with van der Waals surface area (Å²) in [6.07, 6.45) is 1.53. The van der Waals surface area contributed by atoms with Gasteiger partial charge >= 0.3 is 5.97 Å². The second kappa shape index (κ2) is 5.16. The highest BCUT2D eigenvalue weighted by atomic mass is 16.4. The van der Waals surface area contributed by atoms with E-state index in [2.05, 4.69) is 10.3 Å². The zero-order chi connectivity index (χ0) is 14.8. The summed E-state index contributed by atoms with van der Waals surface area (Å²) in [6, 6.07) is 10.5. The first-order valence-corrected chi connectivity index (χ1v) is 6.31. The number of carbonyl (C=O) groups is 1. The molecule has 0 radical (unpaired) electrons. The van der Waals surface area contributed by atoms with Gasteiger partial charge in [0.15, 0.2) is 0 Å². The van der Waals surface area contributed by atoms with Gasteiger partial charge in [-0.15, -0.1) is 0 Å². The number of para-hydroxylation sites is 1. The largest absolute Gasteiger partial charge is 0.477 e. The van der Waals surface area contributed by atoms with E-state index in [1.165, 1.54) is 6.26 Å². The maximum absolute atomic E-state index is 12.0. The Morgan fingerprint density at radius 2 is 2.05 bits per heavy atom. The fourth-order valence-electron chi connectivity index (χ4n) is 2.22. The van der Waals surface area contributed by atoms with E-state index in [0.717, 1.165) is 0 Å². The number of carboxylic acids is 1. The van der Waals surface area contributed by atoms with E-state index < -0.39 is 11.5 Å². The number of benzene rings is 1. The van der Waals surface area contributed by atoms with Gasteiger partial charge in [0.2, 0.25) is 0 Å². The smallest absolute Gasteiger partial charge is 0.343 e. The Bertz CT molecular complexity index is 850. The van der Waals surface area contributed by atoms with Crippen molar-refractivity contribution in [3.05, 3.63) is 64.3 Å². The second-order valence-electron chi connectivity index (χ2n) is 4.49. The van der Waals surface area contributed by atoms with Gasteiger partial charge in [0.1, 0.15) is 11.3 Å². The molecule has 0 aliphatic rings. The molecule has 0 aliphatic heterocycles. The molecular formula is C15H12N2O4. The number of aromatic nitrogens is 1. The molecule has 21 heavy (non-hydrogen) atoms. The minimum Gasteiger partial charge on any atom is -0.477 e. The molecule has 3 N–H and O–H groups in total. The van der Waals surface area contributed by atoms with Gasteiger partial charge in [-0.1, -0.05) is 18.2 Å². The number of H-pyrrole nitrogens is 1. The first-order valence-electron chi connectivity index (χ1n) is 6.31. The number of aromatic carboxylic acids is 1. The lowest BCUT2D eigenvalue weighted by Crippen LogP contribution is -2.21. The lowest BCUT2D eigenvalue weighted by atomic mass is 10.1. The molecule has 0 saturated heterocycles. The fraction of sp³-hybridized carbons (Fsp3) is 0.0667. The molecule has 0 bridgehead atoms. The highest BCUT2D eigenvalue weighted by Gasteiger charge is 2.18. The zero-order valence-corrected chi connectivity index (χ0v) is 10.9. The Morgan fingerprint density at radius 3 is 2.76 bits per heavy atom. The lowest BCUT2D eigenvalue weighted by molar-refractivity contribution is 0.0696. The van der Waals surface area contributed by atoms with Crippen LogP contribution in [0.25, 0.3) is 10.9 Å². The Morgan fingerprint density at radius 1 is 1.24 bits per heavy atom. The number of rotatable bonds is 4. The monoisotopic (exact) mass is 284 g/mol. The second-order valence-corrected chi connectivity index (χ2v) is 4.49. The van der Waals surface area contributed by atoms with E-state index in [0.29, 0.717) is 28.9 Å². The van der Waals surface area contributed by atoms with Gasteiger partial charge in [0.05, 0.1) is 24.0 Å². The van der Waals surface area contributed by atoms with Crippen LogP contribution in [0.5, 0.6) is 0 Å². The fourth-order valence-corrected chi connectivity index (χ4v) is 2.22. The Balaban J connectivity index is 2.14. The predicted octanol–water partition coefficient (Wildman–Crippen LogP) is 2.43. The summed E-state index contributed by atoms with van der Waals surface area (Å²) in [5.74, 6) is -0.625. The third kappa shape index (κ3) is 2.38. The number of pyridine rings is 1. The molecule has 0 amide bonds. The number of anilines is 1. The number of hydrogen-bond acceptors (Lipinski definition) is 4. The van der Waals surface area contributed by atoms with Crippen molar-refractivity contribution in [2.24, 2.45) is 0 Å². The number of aromatic amines is 1. The maximum Gasteiger partial charge on any atom is 0.343 e. The van der Waals surface area contributed by atoms with E-state index in [-0.39, 0.29) is 5.56 Å². The average molecular weight is 284 g/mol. The van der Waals surface area contributed by atoms with E-state index >= 15 is 0 Å². The summed E-state index contributed by atoms with van der Waals surface area (Å²) in [6.45, 7) is 0.292. The third-order valence-corrected chi connectivity index (χ3v) is 3.16. The molecule has 3 rings (SSSR count). The summed E-state index contributed by atoms with van der Waals surface area (Å²) in [5.41, 5.74) is -0.0731. The molecule has 0 spiro atoms. The van der Waals surface area contributed by atoms with Crippen molar-refractivity contribution in [1.29, 1.82) is 0 Å². The van der Waals surface area contributed by atoms with Gasteiger partial charge in [-0.05, 0) is 18.2 Å². The van der Waals surface area contributed by atoms with Crippen LogP contribution < -0.4 is 10.9 Å². The summed E-state index contributed by atoms with van der Waals surface area (Å²) >= 11 is 0. The Hall–Kier alpha value is -3.02. The first-order chi connectivity index (χ1) is 10.2. The average Bonchev–Trinajstić information content (AvgIpc) is 2.97. The molecule has 2 aromatic heterocycles. The molecule has 6 nitrogen and oxygen atoms in total. The number of hydrogen-bond donors (Lipinski definition) is 3. The Labute approximate surface area is 119 Å². The van der Waals surface area contributed by atoms with Crippen LogP contribution in [-0.4, -0.2) is 16.1 Å². The van der Waals surface area contributed by atoms with Crippen LogP contribution in [0, 0.1) is 0 Å². The van der Waals surface area contributed by atoms with Gasteiger partial charge in [-0.25, -0.2) is 4.79 Å². The number of carboxylic acid groups (broad SMARTS) is 1. The summed E-state index contributed by atoms with van der Waals surface area (Å²) < 4.78 is 5.20. The van der Waals surface area contributed by atoms with Crippen LogP contribution in [-0.2, 0) is 6.54 Å². The number of fused-ring (bicyclic) bond motifs is 1. The van der Waals surface area contributed by atoms with Crippen molar-refractivity contribution in [2.45, 2.75) is 6.54 Å². The van der Waals surface area contributed by atoms with Crippen LogP contribution in [0.3, 0.4) is 0 Å². The SMILES string of the molecule is O=C(O)c1c(NCc2ccco2)c2ccccc2[nH]c1=O. The van der Waals surface area contributed by atoms with Crippen LogP contribution >= 0.6 is 0 Å². The molecule has 2 heterocycles. The van der Waals surface area contributed by atoms with Gasteiger partial charge in [0, 0.05) is 5.39 Å². The highest BCUT2D eigenvalue weighted by molar-refractivity contribution is 6.04. The normalized spacial score (nSPS) is 10.7. The van der Waals surface area contributed by atoms with Crippen LogP contribution in [0.15, 0.2) is 51.9 Å². The highest BCUT2D eigenvalue weighted by Crippen LogP contribution is 2.24. The van der Waals surface area contributed by atoms with Gasteiger partial charge < -0.3 is 19.8 Å². The molecule has 1 aromatic carbocycles. The molecule has 0 unspecified atom stereocenters. The summed E-state index contributed by atoms with van der Waals surface area (Å²) in [4.78, 5) is 25.9. The molecule has 106 valence electrons.